The summed E-state index contributed by atoms with van der Waals surface area (Å²) in [5, 5.41) is 32.6. The van der Waals surface area contributed by atoms with Gasteiger partial charge in [-0.05, 0) is 50.2 Å². The number of aliphatic carboxylic acids is 1. The minimum Gasteiger partial charge on any atom is -0.481 e. The van der Waals surface area contributed by atoms with Gasteiger partial charge in [-0.15, -0.1) is 0 Å². The molecule has 1 aromatic carbocycles. The lowest BCUT2D eigenvalue weighted by molar-refractivity contribution is -0.137. The molecule has 1 aromatic rings. The van der Waals surface area contributed by atoms with Gasteiger partial charge in [0.05, 0.1) is 12.2 Å². The summed E-state index contributed by atoms with van der Waals surface area (Å²) >= 11 is 0. The fraction of sp³-hybridized carbons (Fsp3) is 0.652. The number of aryl methyl sites for hydroxylation is 1. The minimum absolute atomic E-state index is 0.0883. The van der Waals surface area contributed by atoms with Crippen LogP contribution in [0.5, 0.6) is 0 Å². The number of hydrogen-bond acceptors (Lipinski definition) is 5. The van der Waals surface area contributed by atoms with Crippen molar-refractivity contribution in [3.8, 4) is 0 Å². The van der Waals surface area contributed by atoms with Crippen molar-refractivity contribution >= 4 is 17.4 Å². The van der Waals surface area contributed by atoms with Crippen LogP contribution in [0.4, 0.5) is 5.69 Å². The van der Waals surface area contributed by atoms with Gasteiger partial charge in [0.2, 0.25) is 0 Å². The van der Waals surface area contributed by atoms with Crippen LogP contribution < -0.4 is 5.32 Å². The first kappa shape index (κ1) is 23.4. The fourth-order valence-corrected chi connectivity index (χ4v) is 4.26. The Labute approximate surface area is 173 Å². The number of aliphatic hydroxyl groups is 2. The van der Waals surface area contributed by atoms with Crippen LogP contribution in [-0.4, -0.2) is 45.8 Å². The Hall–Kier alpha value is -1.92. The molecule has 1 aliphatic rings. The van der Waals surface area contributed by atoms with Gasteiger partial charge in [0.25, 0.3) is 0 Å². The van der Waals surface area contributed by atoms with Crippen molar-refractivity contribution in [1.29, 1.82) is 0 Å². The number of carbonyl (C=O) groups is 2. The molecule has 1 aliphatic carbocycles. The molecule has 162 valence electrons. The smallest absolute Gasteiger partial charge is 0.303 e. The highest BCUT2D eigenvalue weighted by Crippen LogP contribution is 2.36. The van der Waals surface area contributed by atoms with Gasteiger partial charge >= 0.3 is 5.97 Å². The highest BCUT2D eigenvalue weighted by molar-refractivity contribution is 5.84. The maximum Gasteiger partial charge on any atom is 0.303 e. The Bertz CT molecular complexity index is 662. The number of nitrogens with one attached hydrogen (secondary N) is 1. The number of carboxylic acids is 1. The van der Waals surface area contributed by atoms with E-state index in [1.54, 1.807) is 0 Å². The number of anilines is 1. The summed E-state index contributed by atoms with van der Waals surface area (Å²) in [6.07, 6.45) is 4.47. The zero-order valence-corrected chi connectivity index (χ0v) is 17.3. The lowest BCUT2D eigenvalue weighted by Crippen LogP contribution is -2.25. The van der Waals surface area contributed by atoms with Gasteiger partial charge < -0.3 is 20.6 Å². The molecule has 0 saturated heterocycles. The Balaban J connectivity index is 1.72. The zero-order chi connectivity index (χ0) is 21.2. The van der Waals surface area contributed by atoms with Crippen molar-refractivity contribution in [3.63, 3.8) is 0 Å². The molecule has 4 atom stereocenters. The Kier molecular flexibility index (Phi) is 9.61. The second kappa shape index (κ2) is 11.9. The quantitative estimate of drug-likeness (QED) is 0.374. The Morgan fingerprint density at radius 1 is 1.17 bits per heavy atom. The predicted octanol–water partition coefficient (Wildman–Crippen LogP) is 3.54. The summed E-state index contributed by atoms with van der Waals surface area (Å²) in [5.74, 6) is -0.870. The predicted molar refractivity (Wildman–Crippen MR) is 113 cm³/mol. The third-order valence-corrected chi connectivity index (χ3v) is 6.00. The molecular weight excluding hydrogens is 370 g/mol. The molecule has 2 unspecified atom stereocenters. The summed E-state index contributed by atoms with van der Waals surface area (Å²) in [6.45, 7) is 2.46. The summed E-state index contributed by atoms with van der Waals surface area (Å²) < 4.78 is 0. The molecule has 2 rings (SSSR count). The van der Waals surface area contributed by atoms with E-state index in [2.05, 4.69) is 5.32 Å². The molecule has 4 N–H and O–H groups in total. The van der Waals surface area contributed by atoms with Crippen LogP contribution in [0.25, 0.3) is 0 Å². The van der Waals surface area contributed by atoms with E-state index in [1.165, 1.54) is 0 Å². The molecule has 6 nitrogen and oxygen atoms in total. The average molecular weight is 406 g/mol. The maximum atomic E-state index is 12.3. The number of carbonyl (C=O) groups excluding carboxylic acids is 1. The van der Waals surface area contributed by atoms with E-state index in [9.17, 15) is 19.8 Å². The topological polar surface area (TPSA) is 107 Å². The Morgan fingerprint density at radius 2 is 1.90 bits per heavy atom. The van der Waals surface area contributed by atoms with Gasteiger partial charge in [0.1, 0.15) is 5.78 Å². The van der Waals surface area contributed by atoms with Gasteiger partial charge in [0, 0.05) is 31.0 Å². The van der Waals surface area contributed by atoms with Crippen molar-refractivity contribution in [2.24, 2.45) is 11.8 Å². The van der Waals surface area contributed by atoms with Crippen LogP contribution in [0.1, 0.15) is 63.4 Å². The number of Topliss-reactive ketones (excluding diaryl/α,β-unsaturated/α-hetero) is 1. The molecule has 0 aliphatic heterocycles. The van der Waals surface area contributed by atoms with Gasteiger partial charge in [-0.2, -0.15) is 0 Å². The number of hydrogen-bond donors (Lipinski definition) is 4. The second-order valence-electron chi connectivity index (χ2n) is 8.28. The zero-order valence-electron chi connectivity index (χ0n) is 17.3. The number of benzene rings is 1. The Morgan fingerprint density at radius 3 is 2.62 bits per heavy atom. The van der Waals surface area contributed by atoms with E-state index in [1.807, 2.05) is 31.2 Å². The standard InChI is InChI=1S/C23H35NO5/c1-16-8-6-7-10-20(16)24-15-17(25)12-13-19-18(21(26)14-22(19)27)9-4-2-3-5-11-23(28)29/h6-8,10,17-19,22,24-25,27H,2-5,9,11-15H2,1H3,(H,28,29)/t17?,18?,19-,22-/m1/s1. The largest absolute Gasteiger partial charge is 0.481 e. The van der Waals surface area contributed by atoms with E-state index in [0.29, 0.717) is 25.8 Å². The summed E-state index contributed by atoms with van der Waals surface area (Å²) in [5.41, 5.74) is 2.13. The molecule has 0 radical (unpaired) electrons. The number of aliphatic hydroxyl groups excluding tert-OH is 2. The molecule has 0 heterocycles. The van der Waals surface area contributed by atoms with E-state index >= 15 is 0 Å². The number of unbranched alkanes of at least 4 members (excludes halogenated alkanes) is 3. The van der Waals surface area contributed by atoms with E-state index < -0.39 is 18.2 Å². The molecule has 0 aromatic heterocycles. The lowest BCUT2D eigenvalue weighted by Gasteiger charge is -2.23. The first-order chi connectivity index (χ1) is 13.9. The lowest BCUT2D eigenvalue weighted by atomic mass is 9.85. The van der Waals surface area contributed by atoms with E-state index in [0.717, 1.165) is 36.9 Å². The molecule has 1 saturated carbocycles. The molecule has 1 fully saturated rings. The fourth-order valence-electron chi connectivity index (χ4n) is 4.26. The highest BCUT2D eigenvalue weighted by Gasteiger charge is 2.40. The molecule has 0 bridgehead atoms. The summed E-state index contributed by atoms with van der Waals surface area (Å²) in [6, 6.07) is 7.92. The van der Waals surface area contributed by atoms with Crippen LogP contribution in [0.2, 0.25) is 0 Å². The number of para-hydroxylation sites is 1. The first-order valence-corrected chi connectivity index (χ1v) is 10.8. The third kappa shape index (κ3) is 7.78. The summed E-state index contributed by atoms with van der Waals surface area (Å²) in [7, 11) is 0. The van der Waals surface area contributed by atoms with Crippen LogP contribution in [0, 0.1) is 18.8 Å². The van der Waals surface area contributed by atoms with Crippen molar-refractivity contribution in [1.82, 2.24) is 0 Å². The minimum atomic E-state index is -0.769. The van der Waals surface area contributed by atoms with Gasteiger partial charge in [-0.3, -0.25) is 9.59 Å². The van der Waals surface area contributed by atoms with E-state index in [-0.39, 0.29) is 30.5 Å². The summed E-state index contributed by atoms with van der Waals surface area (Å²) in [4.78, 5) is 22.8. The molecule has 6 heteroatoms. The number of rotatable bonds is 13. The molecule has 0 spiro atoms. The van der Waals surface area contributed by atoms with Crippen molar-refractivity contribution in [2.45, 2.75) is 76.9 Å². The molecule has 0 amide bonds. The van der Waals surface area contributed by atoms with Crippen LogP contribution in [0.3, 0.4) is 0 Å². The van der Waals surface area contributed by atoms with Crippen LogP contribution in [0.15, 0.2) is 24.3 Å². The van der Waals surface area contributed by atoms with Crippen molar-refractivity contribution in [2.75, 3.05) is 11.9 Å². The van der Waals surface area contributed by atoms with Crippen LogP contribution in [-0.2, 0) is 9.59 Å². The van der Waals surface area contributed by atoms with E-state index in [4.69, 9.17) is 5.11 Å². The number of ketones is 1. The van der Waals surface area contributed by atoms with Gasteiger partial charge in [0.15, 0.2) is 0 Å². The third-order valence-electron chi connectivity index (χ3n) is 6.00. The van der Waals surface area contributed by atoms with Crippen LogP contribution >= 0.6 is 0 Å². The molecule has 29 heavy (non-hydrogen) atoms. The SMILES string of the molecule is Cc1ccccc1NCC(O)CC[C@@H]1C(CCCCCCC(=O)O)C(=O)C[C@H]1O. The second-order valence-corrected chi connectivity index (χ2v) is 8.28. The van der Waals surface area contributed by atoms with Crippen molar-refractivity contribution in [3.05, 3.63) is 29.8 Å². The first-order valence-electron chi connectivity index (χ1n) is 10.8. The molecular formula is C23H35NO5. The van der Waals surface area contributed by atoms with Gasteiger partial charge in [-0.25, -0.2) is 0 Å². The van der Waals surface area contributed by atoms with Gasteiger partial charge in [-0.1, -0.05) is 37.5 Å². The monoisotopic (exact) mass is 405 g/mol. The normalized spacial score (nSPS) is 22.6. The maximum absolute atomic E-state index is 12.3. The average Bonchev–Trinajstić information content (AvgIpc) is 2.94. The highest BCUT2D eigenvalue weighted by atomic mass is 16.4. The number of carboxylic acid groups (broad SMARTS) is 1. The van der Waals surface area contributed by atoms with Crippen molar-refractivity contribution < 1.29 is 24.9 Å².